The molecule has 1 aromatic carbocycles. The van der Waals surface area contributed by atoms with Crippen LogP contribution in [0.2, 0.25) is 10.3 Å². The van der Waals surface area contributed by atoms with Crippen molar-refractivity contribution in [2.75, 3.05) is 11.6 Å². The van der Waals surface area contributed by atoms with E-state index in [1.807, 2.05) is 0 Å². The highest BCUT2D eigenvalue weighted by molar-refractivity contribution is 7.89. The van der Waals surface area contributed by atoms with Crippen molar-refractivity contribution in [1.82, 2.24) is 13.9 Å². The summed E-state index contributed by atoms with van der Waals surface area (Å²) in [5, 5.41) is 3.16. The van der Waals surface area contributed by atoms with Crippen LogP contribution in [0.5, 0.6) is 0 Å². The van der Waals surface area contributed by atoms with Crippen LogP contribution in [0.1, 0.15) is 0 Å². The Labute approximate surface area is 140 Å². The van der Waals surface area contributed by atoms with Crippen molar-refractivity contribution >= 4 is 55.6 Å². The minimum Gasteiger partial charge on any atom is -0.337 e. The van der Waals surface area contributed by atoms with E-state index in [-0.39, 0.29) is 27.0 Å². The molecule has 0 aliphatic heterocycles. The fourth-order valence-electron chi connectivity index (χ4n) is 2.13. The Morgan fingerprint density at radius 3 is 2.70 bits per heavy atom. The molecule has 0 aliphatic rings. The van der Waals surface area contributed by atoms with Gasteiger partial charge in [0.2, 0.25) is 15.3 Å². The Balaban J connectivity index is 2.24. The fraction of sp³-hybridized carbons (Fsp3) is 0.0769. The predicted molar refractivity (Wildman–Crippen MR) is 87.5 cm³/mol. The maximum atomic E-state index is 13.9. The van der Waals surface area contributed by atoms with E-state index in [0.29, 0.717) is 5.69 Å². The third-order valence-electron chi connectivity index (χ3n) is 3.09. The Morgan fingerprint density at radius 2 is 2.00 bits per heavy atom. The molecule has 1 N–H and O–H groups in total. The lowest BCUT2D eigenvalue weighted by molar-refractivity contribution is 0.595. The zero-order valence-corrected chi connectivity index (χ0v) is 13.9. The van der Waals surface area contributed by atoms with Crippen molar-refractivity contribution in [2.24, 2.45) is 0 Å². The molecule has 120 valence electrons. The van der Waals surface area contributed by atoms with Gasteiger partial charge in [0, 0.05) is 11.6 Å². The molecule has 0 radical (unpaired) electrons. The molecular formula is C13H9Cl2FN4O2S. The van der Waals surface area contributed by atoms with Gasteiger partial charge in [0.25, 0.3) is 0 Å². The number of benzene rings is 1. The predicted octanol–water partition coefficient (Wildman–Crippen LogP) is 3.43. The van der Waals surface area contributed by atoms with Crippen LogP contribution in [0.25, 0.3) is 10.9 Å². The number of nitrogens with one attached hydrogen (secondary N) is 1. The Hall–Kier alpha value is -1.90. The molecule has 0 fully saturated rings. The fourth-order valence-corrected chi connectivity index (χ4v) is 3.22. The average Bonchev–Trinajstić information content (AvgIpc) is 2.92. The van der Waals surface area contributed by atoms with E-state index in [2.05, 4.69) is 15.3 Å². The molecule has 0 spiro atoms. The third kappa shape index (κ3) is 2.97. The molecule has 0 aliphatic carbocycles. The van der Waals surface area contributed by atoms with Crippen LogP contribution in [0, 0.1) is 5.82 Å². The minimum atomic E-state index is -3.62. The summed E-state index contributed by atoms with van der Waals surface area (Å²) in [6.45, 7) is 0. The van der Waals surface area contributed by atoms with Gasteiger partial charge in [0.05, 0.1) is 23.7 Å². The largest absolute Gasteiger partial charge is 0.337 e. The Morgan fingerprint density at radius 1 is 1.26 bits per heavy atom. The smallest absolute Gasteiger partial charge is 0.236 e. The van der Waals surface area contributed by atoms with Gasteiger partial charge in [-0.25, -0.2) is 21.8 Å². The number of nitrogens with zero attached hydrogens (tertiary/aromatic N) is 3. The maximum absolute atomic E-state index is 13.9. The molecule has 2 heterocycles. The van der Waals surface area contributed by atoms with Gasteiger partial charge in [-0.3, -0.25) is 0 Å². The van der Waals surface area contributed by atoms with Crippen LogP contribution in [0.4, 0.5) is 15.9 Å². The molecule has 0 bridgehead atoms. The van der Waals surface area contributed by atoms with E-state index in [0.717, 1.165) is 10.2 Å². The lowest BCUT2D eigenvalue weighted by Crippen LogP contribution is -2.10. The number of anilines is 2. The van der Waals surface area contributed by atoms with Gasteiger partial charge < -0.3 is 5.32 Å². The number of halogens is 3. The zero-order valence-electron chi connectivity index (χ0n) is 11.6. The number of hydrogen-bond donors (Lipinski definition) is 1. The molecule has 0 saturated heterocycles. The van der Waals surface area contributed by atoms with Crippen molar-refractivity contribution in [1.29, 1.82) is 0 Å². The number of rotatable bonds is 3. The summed E-state index contributed by atoms with van der Waals surface area (Å²) >= 11 is 11.7. The standard InChI is InChI=1S/C13H9Cl2FN4O2S/c1-23(21,22)20-5-4-7-9(16)2-3-10(11(7)20)18-12-8(14)6-17-13(15)19-12/h2-6H,1H3,(H,17,18,19). The highest BCUT2D eigenvalue weighted by Crippen LogP contribution is 2.32. The first kappa shape index (κ1) is 16.0. The zero-order chi connectivity index (χ0) is 16.8. The van der Waals surface area contributed by atoms with Gasteiger partial charge in [-0.05, 0) is 29.8 Å². The van der Waals surface area contributed by atoms with Crippen LogP contribution >= 0.6 is 23.2 Å². The molecular weight excluding hydrogens is 366 g/mol. The second-order valence-electron chi connectivity index (χ2n) is 4.69. The summed E-state index contributed by atoms with van der Waals surface area (Å²) < 4.78 is 38.7. The van der Waals surface area contributed by atoms with Crippen LogP contribution in [0.3, 0.4) is 0 Å². The first-order chi connectivity index (χ1) is 10.8. The topological polar surface area (TPSA) is 76.9 Å². The summed E-state index contributed by atoms with van der Waals surface area (Å²) in [5.74, 6) is -0.361. The molecule has 3 aromatic rings. The van der Waals surface area contributed by atoms with Gasteiger partial charge in [-0.15, -0.1) is 0 Å². The number of hydrogen-bond acceptors (Lipinski definition) is 5. The summed E-state index contributed by atoms with van der Waals surface area (Å²) in [4.78, 5) is 7.66. The molecule has 3 rings (SSSR count). The van der Waals surface area contributed by atoms with Crippen molar-refractivity contribution in [2.45, 2.75) is 0 Å². The normalized spacial score (nSPS) is 11.8. The monoisotopic (exact) mass is 374 g/mol. The summed E-state index contributed by atoms with van der Waals surface area (Å²) in [6, 6.07) is 3.99. The average molecular weight is 375 g/mol. The molecule has 0 atom stereocenters. The van der Waals surface area contributed by atoms with Crippen LogP contribution in [-0.4, -0.2) is 28.6 Å². The second-order valence-corrected chi connectivity index (χ2v) is 7.30. The molecule has 0 amide bonds. The quantitative estimate of drug-likeness (QED) is 0.710. The first-order valence-corrected chi connectivity index (χ1v) is 8.83. The van der Waals surface area contributed by atoms with E-state index in [1.165, 1.54) is 30.6 Å². The van der Waals surface area contributed by atoms with Crippen molar-refractivity contribution in [3.8, 4) is 0 Å². The van der Waals surface area contributed by atoms with Crippen LogP contribution in [0.15, 0.2) is 30.6 Å². The van der Waals surface area contributed by atoms with Gasteiger partial charge in [0.1, 0.15) is 10.8 Å². The summed E-state index contributed by atoms with van der Waals surface area (Å²) in [6.07, 6.45) is 3.61. The Kier molecular flexibility index (Phi) is 3.91. The molecule has 6 nitrogen and oxygen atoms in total. The van der Waals surface area contributed by atoms with E-state index >= 15 is 0 Å². The van der Waals surface area contributed by atoms with Gasteiger partial charge >= 0.3 is 0 Å². The van der Waals surface area contributed by atoms with Crippen molar-refractivity contribution < 1.29 is 12.8 Å². The number of fused-ring (bicyclic) bond motifs is 1. The maximum Gasteiger partial charge on any atom is 0.236 e. The highest BCUT2D eigenvalue weighted by Gasteiger charge is 2.17. The SMILES string of the molecule is CS(=O)(=O)n1ccc2c(F)ccc(Nc3nc(Cl)ncc3Cl)c21. The molecule has 2 aromatic heterocycles. The second kappa shape index (κ2) is 5.63. The van der Waals surface area contributed by atoms with Gasteiger partial charge in [0.15, 0.2) is 5.82 Å². The summed E-state index contributed by atoms with van der Waals surface area (Å²) in [7, 11) is -3.62. The first-order valence-electron chi connectivity index (χ1n) is 6.22. The van der Waals surface area contributed by atoms with Gasteiger partial charge in [-0.2, -0.15) is 4.98 Å². The van der Waals surface area contributed by atoms with Crippen LogP contribution in [-0.2, 0) is 10.0 Å². The summed E-state index contributed by atoms with van der Waals surface area (Å²) in [5.41, 5.74) is 0.465. The highest BCUT2D eigenvalue weighted by atomic mass is 35.5. The van der Waals surface area contributed by atoms with E-state index in [4.69, 9.17) is 23.2 Å². The number of aromatic nitrogens is 3. The lowest BCUT2D eigenvalue weighted by atomic mass is 10.2. The van der Waals surface area contributed by atoms with E-state index < -0.39 is 15.8 Å². The van der Waals surface area contributed by atoms with Crippen molar-refractivity contribution in [3.63, 3.8) is 0 Å². The molecule has 10 heteroatoms. The van der Waals surface area contributed by atoms with E-state index in [9.17, 15) is 12.8 Å². The third-order valence-corrected chi connectivity index (χ3v) is 4.56. The van der Waals surface area contributed by atoms with Crippen molar-refractivity contribution in [3.05, 3.63) is 46.7 Å². The minimum absolute atomic E-state index is 0.0336. The Bertz CT molecular complexity index is 1020. The lowest BCUT2D eigenvalue weighted by Gasteiger charge is -2.11. The molecule has 0 saturated carbocycles. The van der Waals surface area contributed by atoms with Crippen LogP contribution < -0.4 is 5.32 Å². The molecule has 0 unspecified atom stereocenters. The van der Waals surface area contributed by atoms with Gasteiger partial charge in [-0.1, -0.05) is 11.6 Å². The molecule has 23 heavy (non-hydrogen) atoms. The van der Waals surface area contributed by atoms with E-state index in [1.54, 1.807) is 0 Å².